The second-order valence-electron chi connectivity index (χ2n) is 15.1. The normalized spacial score (nSPS) is 22.1. The van der Waals surface area contributed by atoms with E-state index >= 15 is 0 Å². The lowest BCUT2D eigenvalue weighted by Gasteiger charge is -2.40. The minimum Gasteiger partial charge on any atom is -0.394 e. The van der Waals surface area contributed by atoms with Crippen LogP contribution in [0.3, 0.4) is 0 Å². The summed E-state index contributed by atoms with van der Waals surface area (Å²) in [5.41, 5.74) is 0. The molecule has 0 bridgehead atoms. The summed E-state index contributed by atoms with van der Waals surface area (Å²) >= 11 is 0. The largest absolute Gasteiger partial charge is 0.394 e. The Labute approximate surface area is 306 Å². The molecule has 9 heteroatoms. The summed E-state index contributed by atoms with van der Waals surface area (Å²) in [6.07, 6.45) is 26.8. The molecular formula is C41H81NO8. The van der Waals surface area contributed by atoms with E-state index in [9.17, 15) is 30.3 Å². The highest BCUT2D eigenvalue weighted by Gasteiger charge is 2.44. The van der Waals surface area contributed by atoms with Crippen molar-refractivity contribution in [3.8, 4) is 0 Å². The Morgan fingerprint density at radius 2 is 1.00 bits per heavy atom. The minimum atomic E-state index is -1.55. The number of aliphatic hydroxyl groups excluding tert-OH is 5. The van der Waals surface area contributed by atoms with E-state index in [1.165, 1.54) is 135 Å². The van der Waals surface area contributed by atoms with Crippen LogP contribution in [0.1, 0.15) is 200 Å². The van der Waals surface area contributed by atoms with Crippen LogP contribution in [-0.2, 0) is 14.3 Å². The summed E-state index contributed by atoms with van der Waals surface area (Å²) in [4.78, 5) is 12.9. The van der Waals surface area contributed by atoms with Gasteiger partial charge < -0.3 is 40.3 Å². The zero-order valence-electron chi connectivity index (χ0n) is 32.4. The van der Waals surface area contributed by atoms with Gasteiger partial charge in [-0.05, 0) is 12.8 Å². The van der Waals surface area contributed by atoms with Crippen LogP contribution in [0.5, 0.6) is 0 Å². The number of amides is 1. The molecule has 298 valence electrons. The van der Waals surface area contributed by atoms with Crippen molar-refractivity contribution in [1.29, 1.82) is 0 Å². The first-order valence-corrected chi connectivity index (χ1v) is 21.2. The molecule has 1 amide bonds. The number of rotatable bonds is 35. The predicted octanol–water partition coefficient (Wildman–Crippen LogP) is 8.00. The van der Waals surface area contributed by atoms with E-state index in [-0.39, 0.29) is 12.5 Å². The maximum absolute atomic E-state index is 12.9. The van der Waals surface area contributed by atoms with Crippen molar-refractivity contribution in [3.63, 3.8) is 0 Å². The lowest BCUT2D eigenvalue weighted by Crippen LogP contribution is -2.60. The van der Waals surface area contributed by atoms with Crippen molar-refractivity contribution in [2.24, 2.45) is 0 Å². The van der Waals surface area contributed by atoms with Gasteiger partial charge in [-0.3, -0.25) is 4.79 Å². The molecule has 0 aliphatic carbocycles. The van der Waals surface area contributed by atoms with Gasteiger partial charge in [0.25, 0.3) is 0 Å². The van der Waals surface area contributed by atoms with E-state index < -0.39 is 49.5 Å². The summed E-state index contributed by atoms with van der Waals surface area (Å²) < 4.78 is 11.2. The fraction of sp³-hybridized carbons (Fsp3) is 0.976. The number of carbonyl (C=O) groups is 1. The average molecular weight is 716 g/mol. The maximum atomic E-state index is 12.9. The molecule has 0 saturated carbocycles. The zero-order valence-corrected chi connectivity index (χ0v) is 32.4. The fourth-order valence-corrected chi connectivity index (χ4v) is 6.98. The Balaban J connectivity index is 2.34. The molecule has 0 aromatic carbocycles. The number of carbonyl (C=O) groups excluding carboxylic acids is 1. The average Bonchev–Trinajstić information content (AvgIpc) is 3.11. The van der Waals surface area contributed by atoms with E-state index in [1.807, 2.05) is 0 Å². The molecule has 1 saturated heterocycles. The van der Waals surface area contributed by atoms with Gasteiger partial charge in [-0.15, -0.1) is 0 Å². The number of hydrogen-bond donors (Lipinski definition) is 6. The van der Waals surface area contributed by atoms with Crippen LogP contribution in [0.4, 0.5) is 0 Å². The summed E-state index contributed by atoms with van der Waals surface area (Å²) in [6, 6.07) is -0.709. The van der Waals surface area contributed by atoms with E-state index in [2.05, 4.69) is 19.2 Å². The van der Waals surface area contributed by atoms with Crippen LogP contribution in [0.25, 0.3) is 0 Å². The highest BCUT2D eigenvalue weighted by Crippen LogP contribution is 2.23. The zero-order chi connectivity index (χ0) is 36.7. The summed E-state index contributed by atoms with van der Waals surface area (Å²) in [6.45, 7) is 3.82. The molecule has 1 fully saturated rings. The Morgan fingerprint density at radius 1 is 0.600 bits per heavy atom. The third-order valence-corrected chi connectivity index (χ3v) is 10.5. The van der Waals surface area contributed by atoms with Crippen molar-refractivity contribution in [2.45, 2.75) is 243 Å². The number of nitrogens with one attached hydrogen (secondary N) is 1. The van der Waals surface area contributed by atoms with Crippen LogP contribution in [0.15, 0.2) is 0 Å². The monoisotopic (exact) mass is 716 g/mol. The molecule has 0 radical (unpaired) electrons. The predicted molar refractivity (Wildman–Crippen MR) is 203 cm³/mol. The molecule has 7 unspecified atom stereocenters. The molecule has 6 N–H and O–H groups in total. The molecule has 9 nitrogen and oxygen atoms in total. The third-order valence-electron chi connectivity index (χ3n) is 10.5. The minimum absolute atomic E-state index is 0.132. The number of hydrogen-bond acceptors (Lipinski definition) is 8. The highest BCUT2D eigenvalue weighted by molar-refractivity contribution is 5.76. The lowest BCUT2D eigenvalue weighted by atomic mass is 9.99. The van der Waals surface area contributed by atoms with E-state index in [1.54, 1.807) is 0 Å². The molecule has 1 aliphatic rings. The van der Waals surface area contributed by atoms with Gasteiger partial charge in [0.05, 0.1) is 25.4 Å². The van der Waals surface area contributed by atoms with Gasteiger partial charge >= 0.3 is 0 Å². The summed E-state index contributed by atoms with van der Waals surface area (Å²) in [7, 11) is 0. The van der Waals surface area contributed by atoms with Crippen molar-refractivity contribution >= 4 is 5.91 Å². The molecular weight excluding hydrogens is 634 g/mol. The number of unbranched alkanes of at least 4 members (excludes halogenated alkanes) is 25. The SMILES string of the molecule is CCCCCCCCCCCCCCCCCCC(=O)NC(COC1OC(CO)C(O)C(O)C1O)C(O)CCCCCCCCCCCCC. The van der Waals surface area contributed by atoms with Crippen LogP contribution in [0, 0.1) is 0 Å². The number of aliphatic hydroxyl groups is 5. The first-order valence-electron chi connectivity index (χ1n) is 21.2. The highest BCUT2D eigenvalue weighted by atomic mass is 16.7. The standard InChI is InChI=1S/C41H81NO8/c1-3-5-7-9-11-13-15-16-17-18-19-21-23-25-27-29-31-37(45)42-34(33-49-41-40(48)39(47)38(46)36(32-43)50-41)35(44)30-28-26-24-22-20-14-12-10-8-6-4-2/h34-36,38-41,43-44,46-48H,3-33H2,1-2H3,(H,42,45). The van der Waals surface area contributed by atoms with Crippen molar-refractivity contribution in [3.05, 3.63) is 0 Å². The Kier molecular flexibility index (Phi) is 31.0. The molecule has 7 atom stereocenters. The second kappa shape index (κ2) is 32.8. The van der Waals surface area contributed by atoms with E-state index in [0.29, 0.717) is 12.8 Å². The molecule has 50 heavy (non-hydrogen) atoms. The number of ether oxygens (including phenoxy) is 2. The second-order valence-corrected chi connectivity index (χ2v) is 15.1. The van der Waals surface area contributed by atoms with Crippen molar-refractivity contribution in [2.75, 3.05) is 13.2 Å². The molecule has 0 spiro atoms. The van der Waals surface area contributed by atoms with Crippen molar-refractivity contribution < 1.29 is 39.8 Å². The molecule has 1 rings (SSSR count). The van der Waals surface area contributed by atoms with Gasteiger partial charge in [-0.25, -0.2) is 0 Å². The van der Waals surface area contributed by atoms with Crippen LogP contribution < -0.4 is 5.32 Å². The summed E-state index contributed by atoms with van der Waals surface area (Å²) in [5.74, 6) is -0.143. The van der Waals surface area contributed by atoms with E-state index in [4.69, 9.17) is 9.47 Å². The fourth-order valence-electron chi connectivity index (χ4n) is 6.98. The maximum Gasteiger partial charge on any atom is 0.220 e. The van der Waals surface area contributed by atoms with Crippen LogP contribution in [-0.4, -0.2) is 87.5 Å². The first kappa shape index (κ1) is 47.2. The van der Waals surface area contributed by atoms with Crippen LogP contribution in [0.2, 0.25) is 0 Å². The van der Waals surface area contributed by atoms with Gasteiger partial charge in [0.2, 0.25) is 5.91 Å². The van der Waals surface area contributed by atoms with Gasteiger partial charge in [0.15, 0.2) is 6.29 Å². The molecule has 1 heterocycles. The lowest BCUT2D eigenvalue weighted by molar-refractivity contribution is -0.302. The van der Waals surface area contributed by atoms with Gasteiger partial charge in [0, 0.05) is 6.42 Å². The van der Waals surface area contributed by atoms with Gasteiger partial charge in [-0.2, -0.15) is 0 Å². The first-order chi connectivity index (χ1) is 24.3. The Morgan fingerprint density at radius 3 is 1.42 bits per heavy atom. The Bertz CT molecular complexity index is 756. The van der Waals surface area contributed by atoms with Crippen molar-refractivity contribution in [1.82, 2.24) is 5.32 Å². The van der Waals surface area contributed by atoms with E-state index in [0.717, 1.165) is 38.5 Å². The molecule has 1 aliphatic heterocycles. The topological polar surface area (TPSA) is 149 Å². The van der Waals surface area contributed by atoms with Crippen LogP contribution >= 0.6 is 0 Å². The molecule has 0 aromatic rings. The molecule has 0 aromatic heterocycles. The Hall–Kier alpha value is -0.810. The quantitative estimate of drug-likeness (QED) is 0.0362. The summed E-state index contributed by atoms with van der Waals surface area (Å²) in [5, 5.41) is 54.1. The third kappa shape index (κ3) is 23.7. The van der Waals surface area contributed by atoms with Gasteiger partial charge in [0.1, 0.15) is 24.4 Å². The smallest absolute Gasteiger partial charge is 0.220 e. The van der Waals surface area contributed by atoms with Gasteiger partial charge in [-0.1, -0.05) is 181 Å².